The van der Waals surface area contributed by atoms with Crippen molar-refractivity contribution in [3.8, 4) is 0 Å². The number of carbonyl (C=O) groups excluding carboxylic acids is 1. The second-order valence-corrected chi connectivity index (χ2v) is 8.13. The molecule has 1 heterocycles. The zero-order chi connectivity index (χ0) is 13.3. The lowest BCUT2D eigenvalue weighted by Crippen LogP contribution is -2.31. The molecule has 18 heavy (non-hydrogen) atoms. The Morgan fingerprint density at radius 3 is 2.72 bits per heavy atom. The second kappa shape index (κ2) is 5.09. The highest BCUT2D eigenvalue weighted by Gasteiger charge is 2.33. The van der Waals surface area contributed by atoms with Crippen LogP contribution in [0.1, 0.15) is 41.0 Å². The van der Waals surface area contributed by atoms with Crippen molar-refractivity contribution in [1.29, 1.82) is 0 Å². The molecule has 1 aliphatic rings. The third-order valence-electron chi connectivity index (χ3n) is 3.57. The fraction of sp³-hybridized carbons (Fsp3) is 0.667. The Morgan fingerprint density at radius 1 is 1.44 bits per heavy atom. The largest absolute Gasteiger partial charge is 0.293 e. The molecule has 1 saturated carbocycles. The van der Waals surface area contributed by atoms with Crippen molar-refractivity contribution in [3.63, 3.8) is 0 Å². The number of carbonyl (C=O) groups is 1. The summed E-state index contributed by atoms with van der Waals surface area (Å²) >= 11 is 1.35. The van der Waals surface area contributed by atoms with Crippen LogP contribution >= 0.6 is 11.3 Å². The van der Waals surface area contributed by atoms with E-state index in [1.54, 1.807) is 5.51 Å². The lowest BCUT2D eigenvalue weighted by molar-refractivity contribution is 0.0894. The fourth-order valence-corrected chi connectivity index (χ4v) is 4.49. The minimum Gasteiger partial charge on any atom is -0.293 e. The van der Waals surface area contributed by atoms with Gasteiger partial charge < -0.3 is 0 Å². The summed E-state index contributed by atoms with van der Waals surface area (Å²) in [5, 5.41) is -0.353. The maximum atomic E-state index is 12.3. The molecule has 2 unspecified atom stereocenters. The first-order valence-corrected chi connectivity index (χ1v) is 8.86. The van der Waals surface area contributed by atoms with Crippen molar-refractivity contribution >= 4 is 27.0 Å². The normalized spacial score (nSPS) is 25.0. The van der Waals surface area contributed by atoms with E-state index >= 15 is 0 Å². The molecule has 2 atom stereocenters. The van der Waals surface area contributed by atoms with Gasteiger partial charge in [0.25, 0.3) is 0 Å². The molecule has 2 rings (SSSR count). The average molecular weight is 287 g/mol. The zero-order valence-corrected chi connectivity index (χ0v) is 12.2. The molecule has 1 aliphatic carbocycles. The van der Waals surface area contributed by atoms with Crippen LogP contribution in [-0.4, -0.2) is 30.7 Å². The quantitative estimate of drug-likeness (QED) is 0.800. The van der Waals surface area contributed by atoms with E-state index in [4.69, 9.17) is 0 Å². The minimum atomic E-state index is -3.04. The lowest BCUT2D eigenvalue weighted by atomic mass is 9.85. The SMILES string of the molecule is Cc1ncsc1C(=O)C1CCCC(S(C)(=O)=O)C1. The fourth-order valence-electron chi connectivity index (χ4n) is 2.50. The van der Waals surface area contributed by atoms with Crippen LogP contribution in [0.25, 0.3) is 0 Å². The smallest absolute Gasteiger partial charge is 0.177 e. The van der Waals surface area contributed by atoms with Gasteiger partial charge in [0.1, 0.15) is 9.84 Å². The summed E-state index contributed by atoms with van der Waals surface area (Å²) in [5.41, 5.74) is 2.42. The molecule has 1 aromatic heterocycles. The number of thiazole rings is 1. The van der Waals surface area contributed by atoms with Crippen LogP contribution in [0.5, 0.6) is 0 Å². The molecule has 0 radical (unpaired) electrons. The van der Waals surface area contributed by atoms with Gasteiger partial charge in [0.05, 0.1) is 21.3 Å². The van der Waals surface area contributed by atoms with E-state index in [-0.39, 0.29) is 17.0 Å². The number of nitrogens with zero attached hydrogens (tertiary/aromatic N) is 1. The third-order valence-corrected chi connectivity index (χ3v) is 6.15. The van der Waals surface area contributed by atoms with Crippen LogP contribution in [0.3, 0.4) is 0 Å². The van der Waals surface area contributed by atoms with Gasteiger partial charge in [-0.1, -0.05) is 6.42 Å². The van der Waals surface area contributed by atoms with E-state index in [9.17, 15) is 13.2 Å². The van der Waals surface area contributed by atoms with Crippen molar-refractivity contribution in [2.75, 3.05) is 6.26 Å². The Labute approximate surface area is 111 Å². The number of Topliss-reactive ketones (excluding diaryl/α,β-unsaturated/α-hetero) is 1. The molecule has 1 aromatic rings. The molecule has 0 amide bonds. The Bertz CT molecular complexity index is 547. The van der Waals surface area contributed by atoms with Gasteiger partial charge in [-0.25, -0.2) is 13.4 Å². The molecule has 0 aromatic carbocycles. The summed E-state index contributed by atoms with van der Waals surface area (Å²) in [6.45, 7) is 1.82. The summed E-state index contributed by atoms with van der Waals surface area (Å²) in [5.74, 6) is -0.0824. The van der Waals surface area contributed by atoms with Gasteiger partial charge in [-0.3, -0.25) is 4.79 Å². The predicted octanol–water partition coefficient (Wildman–Crippen LogP) is 2.24. The van der Waals surface area contributed by atoms with Gasteiger partial charge in [0, 0.05) is 12.2 Å². The maximum Gasteiger partial charge on any atom is 0.177 e. The van der Waals surface area contributed by atoms with Crippen LogP contribution in [-0.2, 0) is 9.84 Å². The predicted molar refractivity (Wildman–Crippen MR) is 71.8 cm³/mol. The number of hydrogen-bond donors (Lipinski definition) is 0. The molecule has 6 heteroatoms. The third kappa shape index (κ3) is 2.80. The van der Waals surface area contributed by atoms with Crippen molar-refractivity contribution in [2.24, 2.45) is 5.92 Å². The monoisotopic (exact) mass is 287 g/mol. The van der Waals surface area contributed by atoms with E-state index in [2.05, 4.69) is 4.98 Å². The average Bonchev–Trinajstić information content (AvgIpc) is 2.73. The number of aryl methyl sites for hydroxylation is 1. The van der Waals surface area contributed by atoms with Crippen LogP contribution in [0.4, 0.5) is 0 Å². The Balaban J connectivity index is 2.15. The van der Waals surface area contributed by atoms with Crippen LogP contribution < -0.4 is 0 Å². The summed E-state index contributed by atoms with van der Waals surface area (Å²) in [6.07, 6.45) is 4.02. The van der Waals surface area contributed by atoms with E-state index < -0.39 is 9.84 Å². The van der Waals surface area contributed by atoms with Crippen molar-refractivity contribution < 1.29 is 13.2 Å². The number of aromatic nitrogens is 1. The van der Waals surface area contributed by atoms with Crippen LogP contribution in [0.15, 0.2) is 5.51 Å². The molecule has 0 saturated heterocycles. The zero-order valence-electron chi connectivity index (χ0n) is 10.5. The Morgan fingerprint density at radius 2 is 2.17 bits per heavy atom. The van der Waals surface area contributed by atoms with E-state index in [1.165, 1.54) is 17.6 Å². The van der Waals surface area contributed by atoms with Gasteiger partial charge in [-0.2, -0.15) is 0 Å². The highest BCUT2D eigenvalue weighted by atomic mass is 32.2. The molecular weight excluding hydrogens is 270 g/mol. The summed E-state index contributed by atoms with van der Waals surface area (Å²) in [6, 6.07) is 0. The van der Waals surface area contributed by atoms with Gasteiger partial charge in [0.2, 0.25) is 0 Å². The summed E-state index contributed by atoms with van der Waals surface area (Å²) < 4.78 is 23.2. The van der Waals surface area contributed by atoms with Crippen molar-refractivity contribution in [2.45, 2.75) is 37.9 Å². The van der Waals surface area contributed by atoms with Gasteiger partial charge >= 0.3 is 0 Å². The second-order valence-electron chi connectivity index (χ2n) is 4.95. The molecule has 0 aliphatic heterocycles. The first-order chi connectivity index (χ1) is 8.39. The van der Waals surface area contributed by atoms with Gasteiger partial charge in [-0.05, 0) is 26.2 Å². The Kier molecular flexibility index (Phi) is 3.87. The molecular formula is C12H17NO3S2. The van der Waals surface area contributed by atoms with E-state index in [0.717, 1.165) is 18.5 Å². The van der Waals surface area contributed by atoms with Gasteiger partial charge in [0.15, 0.2) is 5.78 Å². The first kappa shape index (κ1) is 13.7. The molecule has 100 valence electrons. The number of hydrogen-bond acceptors (Lipinski definition) is 5. The highest BCUT2D eigenvalue weighted by Crippen LogP contribution is 2.32. The number of rotatable bonds is 3. The van der Waals surface area contributed by atoms with Gasteiger partial charge in [-0.15, -0.1) is 11.3 Å². The molecule has 0 N–H and O–H groups in total. The summed E-state index contributed by atoms with van der Waals surface area (Å²) in [4.78, 5) is 17.1. The summed E-state index contributed by atoms with van der Waals surface area (Å²) in [7, 11) is -3.04. The molecule has 1 fully saturated rings. The lowest BCUT2D eigenvalue weighted by Gasteiger charge is -2.26. The van der Waals surface area contributed by atoms with Crippen LogP contribution in [0.2, 0.25) is 0 Å². The van der Waals surface area contributed by atoms with Crippen molar-refractivity contribution in [1.82, 2.24) is 4.98 Å². The van der Waals surface area contributed by atoms with E-state index in [1.807, 2.05) is 6.92 Å². The maximum absolute atomic E-state index is 12.3. The van der Waals surface area contributed by atoms with Crippen LogP contribution in [0, 0.1) is 12.8 Å². The topological polar surface area (TPSA) is 64.1 Å². The number of ketones is 1. The highest BCUT2D eigenvalue weighted by molar-refractivity contribution is 7.91. The number of sulfone groups is 1. The van der Waals surface area contributed by atoms with E-state index in [0.29, 0.717) is 17.7 Å². The standard InChI is InChI=1S/C12H17NO3S2/c1-8-12(17-7-13-8)11(14)9-4-3-5-10(6-9)18(2,15)16/h7,9-10H,3-6H2,1-2H3. The molecule has 0 bridgehead atoms. The minimum absolute atomic E-state index is 0.0725. The Hall–Kier alpha value is -0.750. The molecule has 0 spiro atoms. The van der Waals surface area contributed by atoms with Crippen molar-refractivity contribution in [3.05, 3.63) is 16.1 Å². The molecule has 4 nitrogen and oxygen atoms in total. The first-order valence-electron chi connectivity index (χ1n) is 6.02.